The lowest BCUT2D eigenvalue weighted by Gasteiger charge is -1.91. The maximum Gasteiger partial charge on any atom is 0.333 e. The summed E-state index contributed by atoms with van der Waals surface area (Å²) in [4.78, 5) is 20.7. The van der Waals surface area contributed by atoms with E-state index < -0.39 is 22.7 Å². The zero-order chi connectivity index (χ0) is 7.02. The first-order valence-electron chi connectivity index (χ1n) is 2.16. The molecule has 0 radical (unpaired) electrons. The Kier molecular flexibility index (Phi) is 1.64. The van der Waals surface area contributed by atoms with Gasteiger partial charge in [-0.05, 0) is 0 Å². The number of halogens is 2. The van der Waals surface area contributed by atoms with Crippen molar-refractivity contribution in [1.29, 1.82) is 0 Å². The number of hydrogen-bond donors (Lipinski definition) is 0. The fourth-order valence-corrected chi connectivity index (χ4v) is 0.746. The minimum Gasteiger partial charge on any atom is -0.391 e. The van der Waals surface area contributed by atoms with Crippen molar-refractivity contribution in [3.8, 4) is 0 Å². The zero-order valence-corrected chi connectivity index (χ0v) is 5.65. The molecule has 50 valence electrons. The van der Waals surface area contributed by atoms with E-state index in [1.165, 1.54) is 0 Å². The van der Waals surface area contributed by atoms with Gasteiger partial charge in [0.25, 0.3) is 0 Å². The summed E-state index contributed by atoms with van der Waals surface area (Å²) in [5.41, 5.74) is 0. The van der Waals surface area contributed by atoms with Crippen LogP contribution in [0.5, 0.6) is 0 Å². The molecule has 0 bridgehead atoms. The molecule has 0 saturated carbocycles. The third kappa shape index (κ3) is 1.02. The van der Waals surface area contributed by atoms with Crippen LogP contribution in [0.25, 0.3) is 0 Å². The van der Waals surface area contributed by atoms with Crippen LogP contribution in [0.3, 0.4) is 0 Å². The first kappa shape index (κ1) is 6.83. The predicted molar refractivity (Wildman–Crippen MR) is 30.4 cm³/mol. The predicted octanol–water partition coefficient (Wildman–Crippen LogP) is 0.285. The molecule has 1 aliphatic heterocycles. The van der Waals surface area contributed by atoms with E-state index in [1.54, 1.807) is 0 Å². The van der Waals surface area contributed by atoms with Gasteiger partial charge >= 0.3 is 11.9 Å². The lowest BCUT2D eigenvalue weighted by Crippen LogP contribution is -2.16. The van der Waals surface area contributed by atoms with E-state index in [0.717, 1.165) is 0 Å². The largest absolute Gasteiger partial charge is 0.391 e. The fourth-order valence-electron chi connectivity index (χ4n) is 0.451. The molecular weight excluding hydrogens is 167 g/mol. The minimum atomic E-state index is -1.01. The second kappa shape index (κ2) is 2.15. The van der Waals surface area contributed by atoms with Crippen molar-refractivity contribution in [3.63, 3.8) is 0 Å². The van der Waals surface area contributed by atoms with Gasteiger partial charge in [0.1, 0.15) is 0 Å². The molecule has 1 heterocycles. The van der Waals surface area contributed by atoms with Crippen molar-refractivity contribution in [1.82, 2.24) is 0 Å². The molecule has 1 saturated heterocycles. The number of carbonyl (C=O) groups excluding carboxylic acids is 2. The summed E-state index contributed by atoms with van der Waals surface area (Å²) in [7, 11) is 0. The molecule has 0 amide bonds. The number of ether oxygens (including phenoxy) is 1. The molecular formula is C4H2Cl2O3. The lowest BCUT2D eigenvalue weighted by molar-refractivity contribution is -0.151. The molecule has 5 heteroatoms. The molecule has 3 nitrogen and oxygen atoms in total. The van der Waals surface area contributed by atoms with E-state index in [4.69, 9.17) is 23.2 Å². The van der Waals surface area contributed by atoms with Gasteiger partial charge in [0.05, 0.1) is 0 Å². The van der Waals surface area contributed by atoms with Crippen LogP contribution in [0.2, 0.25) is 0 Å². The summed E-state index contributed by atoms with van der Waals surface area (Å²) in [6, 6.07) is 0. The van der Waals surface area contributed by atoms with Crippen LogP contribution in [-0.4, -0.2) is 22.7 Å². The summed E-state index contributed by atoms with van der Waals surface area (Å²) in [6.07, 6.45) is 0. The lowest BCUT2D eigenvalue weighted by atomic mass is 10.3. The van der Waals surface area contributed by atoms with Gasteiger partial charge in [-0.3, -0.25) is 0 Å². The highest BCUT2D eigenvalue weighted by Gasteiger charge is 2.41. The van der Waals surface area contributed by atoms with Gasteiger partial charge < -0.3 is 4.74 Å². The number of alkyl halides is 2. The van der Waals surface area contributed by atoms with Crippen LogP contribution in [-0.2, 0) is 14.3 Å². The van der Waals surface area contributed by atoms with E-state index in [2.05, 4.69) is 4.74 Å². The van der Waals surface area contributed by atoms with Gasteiger partial charge in [0, 0.05) is 0 Å². The first-order valence-corrected chi connectivity index (χ1v) is 3.04. The number of rotatable bonds is 0. The molecule has 2 unspecified atom stereocenters. The quantitative estimate of drug-likeness (QED) is 0.297. The van der Waals surface area contributed by atoms with Crippen molar-refractivity contribution >= 4 is 35.1 Å². The second-order valence-corrected chi connectivity index (χ2v) is 2.48. The Bertz CT molecular complexity index is 149. The Morgan fingerprint density at radius 2 is 1.44 bits per heavy atom. The summed E-state index contributed by atoms with van der Waals surface area (Å²) < 4.78 is 4.04. The Balaban J connectivity index is 2.77. The topological polar surface area (TPSA) is 43.4 Å². The van der Waals surface area contributed by atoms with Crippen LogP contribution in [0.1, 0.15) is 0 Å². The molecule has 1 rings (SSSR count). The second-order valence-electron chi connectivity index (χ2n) is 1.54. The number of cyclic esters (lactones) is 2. The smallest absolute Gasteiger partial charge is 0.333 e. The van der Waals surface area contributed by atoms with Crippen LogP contribution >= 0.6 is 23.2 Å². The molecule has 0 aliphatic carbocycles. The van der Waals surface area contributed by atoms with Gasteiger partial charge in [-0.2, -0.15) is 0 Å². The summed E-state index contributed by atoms with van der Waals surface area (Å²) >= 11 is 10.6. The van der Waals surface area contributed by atoms with Crippen molar-refractivity contribution in [3.05, 3.63) is 0 Å². The SMILES string of the molecule is O=C1OC(=O)C(Cl)C1Cl. The summed E-state index contributed by atoms with van der Waals surface area (Å²) in [5, 5.41) is -2.03. The average molecular weight is 169 g/mol. The highest BCUT2D eigenvalue weighted by molar-refractivity contribution is 6.45. The van der Waals surface area contributed by atoms with Gasteiger partial charge in [-0.1, -0.05) is 0 Å². The molecule has 0 aromatic heterocycles. The van der Waals surface area contributed by atoms with Gasteiger partial charge in [0.15, 0.2) is 10.8 Å². The van der Waals surface area contributed by atoms with E-state index in [0.29, 0.717) is 0 Å². The number of hydrogen-bond acceptors (Lipinski definition) is 3. The van der Waals surface area contributed by atoms with Crippen LogP contribution in [0, 0.1) is 0 Å². The van der Waals surface area contributed by atoms with E-state index in [-0.39, 0.29) is 0 Å². The normalized spacial score (nSPS) is 34.9. The highest BCUT2D eigenvalue weighted by Crippen LogP contribution is 2.20. The maximum absolute atomic E-state index is 10.3. The van der Waals surface area contributed by atoms with Crippen molar-refractivity contribution < 1.29 is 14.3 Å². The van der Waals surface area contributed by atoms with Crippen molar-refractivity contribution in [2.75, 3.05) is 0 Å². The molecule has 2 atom stereocenters. The Morgan fingerprint density at radius 1 is 1.11 bits per heavy atom. The van der Waals surface area contributed by atoms with E-state index >= 15 is 0 Å². The van der Waals surface area contributed by atoms with Crippen molar-refractivity contribution in [2.45, 2.75) is 10.8 Å². The average Bonchev–Trinajstić information content (AvgIpc) is 1.98. The third-order valence-electron chi connectivity index (χ3n) is 0.908. The van der Waals surface area contributed by atoms with Crippen LogP contribution in [0.15, 0.2) is 0 Å². The van der Waals surface area contributed by atoms with Crippen LogP contribution in [0.4, 0.5) is 0 Å². The Labute approximate surface area is 60.9 Å². The molecule has 9 heavy (non-hydrogen) atoms. The minimum absolute atomic E-state index is 0.762. The Morgan fingerprint density at radius 3 is 1.56 bits per heavy atom. The standard InChI is InChI=1S/C4H2Cl2O3/c5-1-2(6)4(8)9-3(1)7/h1-2H. The maximum atomic E-state index is 10.3. The van der Waals surface area contributed by atoms with Crippen molar-refractivity contribution in [2.24, 2.45) is 0 Å². The summed E-state index contributed by atoms with van der Waals surface area (Å²) in [6.45, 7) is 0. The molecule has 0 N–H and O–H groups in total. The zero-order valence-electron chi connectivity index (χ0n) is 4.14. The van der Waals surface area contributed by atoms with Crippen LogP contribution < -0.4 is 0 Å². The molecule has 1 fully saturated rings. The number of carbonyl (C=O) groups is 2. The van der Waals surface area contributed by atoms with E-state index in [1.807, 2.05) is 0 Å². The van der Waals surface area contributed by atoms with E-state index in [9.17, 15) is 9.59 Å². The summed E-state index contributed by atoms with van der Waals surface area (Å²) in [5.74, 6) is -1.52. The van der Waals surface area contributed by atoms with Gasteiger partial charge in [0.2, 0.25) is 0 Å². The highest BCUT2D eigenvalue weighted by atomic mass is 35.5. The molecule has 0 aromatic rings. The Hall–Kier alpha value is -0.280. The molecule has 0 aromatic carbocycles. The fraction of sp³-hybridized carbons (Fsp3) is 0.500. The molecule has 0 spiro atoms. The third-order valence-corrected chi connectivity index (χ3v) is 1.90. The number of esters is 2. The molecule has 1 aliphatic rings. The van der Waals surface area contributed by atoms with Gasteiger partial charge in [-0.15, -0.1) is 23.2 Å². The van der Waals surface area contributed by atoms with Gasteiger partial charge in [-0.25, -0.2) is 9.59 Å². The monoisotopic (exact) mass is 168 g/mol. The first-order chi connectivity index (χ1) is 4.13.